The molecule has 0 aliphatic rings. The van der Waals surface area contributed by atoms with Crippen LogP contribution in [0, 0.1) is 5.92 Å². The SMILES string of the molecule is CC(N)C(C)C(=O)Nc1ccc(Cl)c(C(F)(F)F)c1. The van der Waals surface area contributed by atoms with E-state index in [1.54, 1.807) is 13.8 Å². The summed E-state index contributed by atoms with van der Waals surface area (Å²) in [4.78, 5) is 11.7. The zero-order valence-electron chi connectivity index (χ0n) is 10.4. The van der Waals surface area contributed by atoms with E-state index < -0.39 is 34.6 Å². The molecule has 3 nitrogen and oxygen atoms in total. The number of amides is 1. The van der Waals surface area contributed by atoms with Crippen molar-refractivity contribution in [2.45, 2.75) is 26.1 Å². The molecule has 0 heterocycles. The van der Waals surface area contributed by atoms with Crippen LogP contribution in [0.3, 0.4) is 0 Å². The molecule has 19 heavy (non-hydrogen) atoms. The van der Waals surface area contributed by atoms with Crippen LogP contribution in [0.5, 0.6) is 0 Å². The fraction of sp³-hybridized carbons (Fsp3) is 0.417. The molecule has 0 aliphatic heterocycles. The van der Waals surface area contributed by atoms with Gasteiger partial charge in [0, 0.05) is 11.7 Å². The van der Waals surface area contributed by atoms with Crippen molar-refractivity contribution < 1.29 is 18.0 Å². The third-order valence-corrected chi connectivity index (χ3v) is 3.07. The minimum Gasteiger partial charge on any atom is -0.327 e. The molecular formula is C12H14ClF3N2O. The number of nitrogens with one attached hydrogen (secondary N) is 1. The molecule has 2 unspecified atom stereocenters. The monoisotopic (exact) mass is 294 g/mol. The van der Waals surface area contributed by atoms with E-state index in [9.17, 15) is 18.0 Å². The maximum absolute atomic E-state index is 12.6. The van der Waals surface area contributed by atoms with E-state index in [0.717, 1.165) is 12.1 Å². The normalized spacial score (nSPS) is 14.9. The summed E-state index contributed by atoms with van der Waals surface area (Å²) in [6, 6.07) is 2.81. The zero-order chi connectivity index (χ0) is 14.8. The lowest BCUT2D eigenvalue weighted by molar-refractivity contribution is -0.137. The van der Waals surface area contributed by atoms with Crippen molar-refractivity contribution in [3.63, 3.8) is 0 Å². The molecule has 1 aromatic rings. The molecule has 0 saturated heterocycles. The average Bonchev–Trinajstić information content (AvgIpc) is 2.28. The largest absolute Gasteiger partial charge is 0.417 e. The average molecular weight is 295 g/mol. The maximum Gasteiger partial charge on any atom is 0.417 e. The van der Waals surface area contributed by atoms with Gasteiger partial charge in [0.2, 0.25) is 5.91 Å². The standard InChI is InChI=1S/C12H14ClF3N2O/c1-6(7(2)17)11(19)18-8-3-4-10(13)9(5-8)12(14,15)16/h3-7H,17H2,1-2H3,(H,18,19). The molecule has 0 aromatic heterocycles. The van der Waals surface area contributed by atoms with Crippen LogP contribution in [0.15, 0.2) is 18.2 Å². The molecule has 7 heteroatoms. The van der Waals surface area contributed by atoms with Gasteiger partial charge in [-0.3, -0.25) is 4.79 Å². The van der Waals surface area contributed by atoms with Gasteiger partial charge in [-0.05, 0) is 25.1 Å². The summed E-state index contributed by atoms with van der Waals surface area (Å²) in [6.45, 7) is 3.24. The van der Waals surface area contributed by atoms with Gasteiger partial charge in [0.15, 0.2) is 0 Å². The van der Waals surface area contributed by atoms with E-state index in [-0.39, 0.29) is 5.69 Å². The highest BCUT2D eigenvalue weighted by molar-refractivity contribution is 6.31. The Morgan fingerprint density at radius 1 is 1.37 bits per heavy atom. The summed E-state index contributed by atoms with van der Waals surface area (Å²) in [5.41, 5.74) is 4.60. The Morgan fingerprint density at radius 2 is 1.95 bits per heavy atom. The van der Waals surface area contributed by atoms with Gasteiger partial charge in [-0.25, -0.2) is 0 Å². The summed E-state index contributed by atoms with van der Waals surface area (Å²) in [5, 5.41) is 1.97. The molecule has 0 bridgehead atoms. The van der Waals surface area contributed by atoms with Crippen LogP contribution < -0.4 is 11.1 Å². The number of anilines is 1. The molecule has 2 atom stereocenters. The Kier molecular flexibility index (Phi) is 4.81. The second-order valence-corrected chi connectivity index (χ2v) is 4.74. The first-order chi connectivity index (χ1) is 8.62. The summed E-state index contributed by atoms with van der Waals surface area (Å²) in [7, 11) is 0. The molecule has 1 amide bonds. The fourth-order valence-electron chi connectivity index (χ4n) is 1.32. The first-order valence-corrected chi connectivity index (χ1v) is 5.94. The number of halogens is 4. The van der Waals surface area contributed by atoms with E-state index in [2.05, 4.69) is 5.32 Å². The number of nitrogens with two attached hydrogens (primary N) is 1. The highest BCUT2D eigenvalue weighted by Gasteiger charge is 2.33. The molecule has 3 N–H and O–H groups in total. The first kappa shape index (κ1) is 15.8. The van der Waals surface area contributed by atoms with Crippen molar-refractivity contribution in [1.82, 2.24) is 0 Å². The fourth-order valence-corrected chi connectivity index (χ4v) is 1.54. The molecule has 1 aromatic carbocycles. The second-order valence-electron chi connectivity index (χ2n) is 4.33. The van der Waals surface area contributed by atoms with Gasteiger partial charge in [-0.2, -0.15) is 13.2 Å². The van der Waals surface area contributed by atoms with Crippen LogP contribution >= 0.6 is 11.6 Å². The van der Waals surface area contributed by atoms with Crippen molar-refractivity contribution in [3.05, 3.63) is 28.8 Å². The number of hydrogen-bond acceptors (Lipinski definition) is 2. The summed E-state index contributed by atoms with van der Waals surface area (Å²) >= 11 is 5.48. The smallest absolute Gasteiger partial charge is 0.327 e. The summed E-state index contributed by atoms with van der Waals surface area (Å²) in [6.07, 6.45) is -4.56. The second kappa shape index (κ2) is 5.79. The van der Waals surface area contributed by atoms with E-state index in [4.69, 9.17) is 17.3 Å². The van der Waals surface area contributed by atoms with Crippen molar-refractivity contribution in [3.8, 4) is 0 Å². The Balaban J connectivity index is 2.95. The highest BCUT2D eigenvalue weighted by atomic mass is 35.5. The molecule has 1 rings (SSSR count). The topological polar surface area (TPSA) is 55.1 Å². The van der Waals surface area contributed by atoms with Crippen molar-refractivity contribution in [1.29, 1.82) is 0 Å². The van der Waals surface area contributed by atoms with Crippen molar-refractivity contribution in [2.24, 2.45) is 11.7 Å². The minimum atomic E-state index is -4.56. The van der Waals surface area contributed by atoms with Crippen LogP contribution in [0.2, 0.25) is 5.02 Å². The van der Waals surface area contributed by atoms with Crippen LogP contribution in [-0.2, 0) is 11.0 Å². The zero-order valence-corrected chi connectivity index (χ0v) is 11.1. The van der Waals surface area contributed by atoms with E-state index in [1.165, 1.54) is 6.07 Å². The van der Waals surface area contributed by atoms with Gasteiger partial charge in [-0.15, -0.1) is 0 Å². The lowest BCUT2D eigenvalue weighted by Gasteiger charge is -2.16. The number of benzene rings is 1. The Hall–Kier alpha value is -1.27. The third kappa shape index (κ3) is 4.11. The van der Waals surface area contributed by atoms with Gasteiger partial charge in [0.25, 0.3) is 0 Å². The van der Waals surface area contributed by atoms with Crippen LogP contribution in [-0.4, -0.2) is 11.9 Å². The number of carbonyl (C=O) groups is 1. The van der Waals surface area contributed by atoms with E-state index >= 15 is 0 Å². The first-order valence-electron chi connectivity index (χ1n) is 5.56. The predicted octanol–water partition coefficient (Wildman–Crippen LogP) is 3.28. The van der Waals surface area contributed by atoms with Gasteiger partial charge in [-0.1, -0.05) is 18.5 Å². The van der Waals surface area contributed by atoms with E-state index in [1.807, 2.05) is 0 Å². The molecule has 0 aliphatic carbocycles. The van der Waals surface area contributed by atoms with Gasteiger partial charge in [0.05, 0.1) is 16.5 Å². The molecule has 106 valence electrons. The van der Waals surface area contributed by atoms with Crippen LogP contribution in [0.25, 0.3) is 0 Å². The van der Waals surface area contributed by atoms with Gasteiger partial charge >= 0.3 is 6.18 Å². The lowest BCUT2D eigenvalue weighted by atomic mass is 10.0. The van der Waals surface area contributed by atoms with Crippen molar-refractivity contribution >= 4 is 23.2 Å². The minimum absolute atomic E-state index is 0.0363. The number of rotatable bonds is 3. The molecule has 0 radical (unpaired) electrons. The predicted molar refractivity (Wildman–Crippen MR) is 67.9 cm³/mol. The molecular weight excluding hydrogens is 281 g/mol. The summed E-state index contributed by atoms with van der Waals surface area (Å²) < 4.78 is 37.9. The Morgan fingerprint density at radius 3 is 2.42 bits per heavy atom. The molecule has 0 spiro atoms. The highest BCUT2D eigenvalue weighted by Crippen LogP contribution is 2.36. The third-order valence-electron chi connectivity index (χ3n) is 2.74. The number of hydrogen-bond donors (Lipinski definition) is 2. The number of alkyl halides is 3. The number of carbonyl (C=O) groups excluding carboxylic acids is 1. The van der Waals surface area contributed by atoms with Crippen LogP contribution in [0.4, 0.5) is 18.9 Å². The van der Waals surface area contributed by atoms with E-state index in [0.29, 0.717) is 0 Å². The lowest BCUT2D eigenvalue weighted by Crippen LogP contribution is -2.34. The van der Waals surface area contributed by atoms with Gasteiger partial charge in [0.1, 0.15) is 0 Å². The summed E-state index contributed by atoms with van der Waals surface area (Å²) in [5.74, 6) is -0.949. The molecule has 0 saturated carbocycles. The Labute approximate surface area is 113 Å². The van der Waals surface area contributed by atoms with Crippen molar-refractivity contribution in [2.75, 3.05) is 5.32 Å². The Bertz CT molecular complexity index is 475. The molecule has 0 fully saturated rings. The van der Waals surface area contributed by atoms with Crippen LogP contribution in [0.1, 0.15) is 19.4 Å². The quantitative estimate of drug-likeness (QED) is 0.899. The maximum atomic E-state index is 12.6. The van der Waals surface area contributed by atoms with Gasteiger partial charge < -0.3 is 11.1 Å².